The van der Waals surface area contributed by atoms with Gasteiger partial charge >= 0.3 is 0 Å². The highest BCUT2D eigenvalue weighted by Crippen LogP contribution is 2.29. The van der Waals surface area contributed by atoms with E-state index in [4.69, 9.17) is 0 Å². The Kier molecular flexibility index (Phi) is 3.41. The molecule has 1 N–H and O–H groups in total. The third-order valence-electron chi connectivity index (χ3n) is 2.45. The number of aliphatic hydroxyl groups is 1. The molecule has 0 aromatic rings. The summed E-state index contributed by atoms with van der Waals surface area (Å²) >= 11 is 0. The van der Waals surface area contributed by atoms with E-state index in [1.54, 1.807) is 0 Å². The Morgan fingerprint density at radius 1 is 1.55 bits per heavy atom. The second kappa shape index (κ2) is 4.38. The summed E-state index contributed by atoms with van der Waals surface area (Å²) in [5, 5.41) is 9.44. The lowest BCUT2D eigenvalue weighted by atomic mass is 10.00. The molecule has 1 aliphatic carbocycles. The van der Waals surface area contributed by atoms with Gasteiger partial charge in [-0.1, -0.05) is 13.0 Å². The van der Waals surface area contributed by atoms with E-state index in [-0.39, 0.29) is 6.10 Å². The number of hydrogen-bond donors (Lipinski definition) is 1. The van der Waals surface area contributed by atoms with Gasteiger partial charge in [-0.25, -0.2) is 0 Å². The molecule has 0 bridgehead atoms. The molecular formula is C10H16O. The summed E-state index contributed by atoms with van der Waals surface area (Å²) in [6, 6.07) is 0. The van der Waals surface area contributed by atoms with E-state index in [0.29, 0.717) is 5.92 Å². The van der Waals surface area contributed by atoms with Crippen LogP contribution in [0.5, 0.6) is 0 Å². The molecule has 0 radical (unpaired) electrons. The molecule has 0 amide bonds. The van der Waals surface area contributed by atoms with Gasteiger partial charge in [-0.05, 0) is 37.7 Å². The van der Waals surface area contributed by atoms with Crippen LogP contribution >= 0.6 is 0 Å². The van der Waals surface area contributed by atoms with Gasteiger partial charge in [0, 0.05) is 0 Å². The fourth-order valence-electron chi connectivity index (χ4n) is 1.75. The molecule has 1 heteroatoms. The van der Waals surface area contributed by atoms with Crippen LogP contribution < -0.4 is 0 Å². The molecule has 2 unspecified atom stereocenters. The summed E-state index contributed by atoms with van der Waals surface area (Å²) in [5.41, 5.74) is 2.75. The first-order valence-electron chi connectivity index (χ1n) is 4.37. The highest BCUT2D eigenvalue weighted by molar-refractivity contribution is 4.81. The van der Waals surface area contributed by atoms with Gasteiger partial charge in [0.2, 0.25) is 0 Å². The standard InChI is InChI=1S/C10H16O/c1-2-3-4-6-9-7-5-8-10(9)11/h3,9-11H,1,4-8H2. The van der Waals surface area contributed by atoms with Crippen LogP contribution in [-0.4, -0.2) is 11.2 Å². The van der Waals surface area contributed by atoms with Crippen molar-refractivity contribution >= 4 is 0 Å². The second-order valence-corrected chi connectivity index (χ2v) is 3.24. The quantitative estimate of drug-likeness (QED) is 0.615. The molecule has 2 atom stereocenters. The predicted octanol–water partition coefficient (Wildman–Crippen LogP) is 2.27. The van der Waals surface area contributed by atoms with Crippen LogP contribution in [0.4, 0.5) is 0 Å². The Balaban J connectivity index is 2.20. The molecule has 11 heavy (non-hydrogen) atoms. The number of aliphatic hydroxyl groups excluding tert-OH is 1. The maximum absolute atomic E-state index is 9.44. The number of allylic oxidation sites excluding steroid dienone is 1. The first-order valence-corrected chi connectivity index (χ1v) is 4.37. The van der Waals surface area contributed by atoms with Crippen LogP contribution in [0.25, 0.3) is 0 Å². The van der Waals surface area contributed by atoms with Crippen molar-refractivity contribution in [3.8, 4) is 0 Å². The molecule has 1 nitrogen and oxygen atoms in total. The lowest BCUT2D eigenvalue weighted by Gasteiger charge is -2.11. The van der Waals surface area contributed by atoms with Crippen molar-refractivity contribution in [2.45, 2.75) is 38.2 Å². The van der Waals surface area contributed by atoms with Crippen molar-refractivity contribution in [1.29, 1.82) is 0 Å². The van der Waals surface area contributed by atoms with Crippen molar-refractivity contribution in [3.63, 3.8) is 0 Å². The molecule has 0 saturated heterocycles. The molecule has 0 heterocycles. The summed E-state index contributed by atoms with van der Waals surface area (Å²) in [5.74, 6) is 0.541. The summed E-state index contributed by atoms with van der Waals surface area (Å²) in [4.78, 5) is 0. The zero-order valence-corrected chi connectivity index (χ0v) is 6.92. The molecule has 0 aromatic carbocycles. The predicted molar refractivity (Wildman–Crippen MR) is 46.3 cm³/mol. The number of rotatable bonds is 3. The monoisotopic (exact) mass is 152 g/mol. The van der Waals surface area contributed by atoms with E-state index in [2.05, 4.69) is 12.3 Å². The average molecular weight is 152 g/mol. The van der Waals surface area contributed by atoms with Gasteiger partial charge in [-0.3, -0.25) is 0 Å². The third kappa shape index (κ3) is 2.53. The molecule has 0 spiro atoms. The molecule has 0 aliphatic heterocycles. The van der Waals surface area contributed by atoms with Crippen LogP contribution in [0.1, 0.15) is 32.1 Å². The van der Waals surface area contributed by atoms with Crippen LogP contribution in [0.15, 0.2) is 18.4 Å². The Morgan fingerprint density at radius 3 is 2.91 bits per heavy atom. The summed E-state index contributed by atoms with van der Waals surface area (Å²) in [6.45, 7) is 3.50. The smallest absolute Gasteiger partial charge is 0.0568 e. The fourth-order valence-corrected chi connectivity index (χ4v) is 1.75. The first-order chi connectivity index (χ1) is 5.34. The second-order valence-electron chi connectivity index (χ2n) is 3.24. The van der Waals surface area contributed by atoms with E-state index in [9.17, 15) is 5.11 Å². The highest BCUT2D eigenvalue weighted by atomic mass is 16.3. The molecule has 1 aliphatic rings. The van der Waals surface area contributed by atoms with E-state index in [0.717, 1.165) is 19.3 Å². The maximum Gasteiger partial charge on any atom is 0.0568 e. The topological polar surface area (TPSA) is 20.2 Å². The number of hydrogen-bond acceptors (Lipinski definition) is 1. The first kappa shape index (κ1) is 8.58. The molecule has 62 valence electrons. The van der Waals surface area contributed by atoms with Crippen molar-refractivity contribution in [2.24, 2.45) is 5.92 Å². The van der Waals surface area contributed by atoms with Gasteiger partial charge in [-0.2, -0.15) is 0 Å². The molecule has 1 rings (SSSR count). The van der Waals surface area contributed by atoms with Gasteiger partial charge in [0.15, 0.2) is 0 Å². The van der Waals surface area contributed by atoms with Crippen molar-refractivity contribution in [1.82, 2.24) is 0 Å². The van der Waals surface area contributed by atoms with Gasteiger partial charge in [0.25, 0.3) is 0 Å². The zero-order chi connectivity index (χ0) is 8.10. The highest BCUT2D eigenvalue weighted by Gasteiger charge is 2.23. The van der Waals surface area contributed by atoms with Crippen LogP contribution in [0.2, 0.25) is 0 Å². The fraction of sp³-hybridized carbons (Fsp3) is 0.700. The maximum atomic E-state index is 9.44. The van der Waals surface area contributed by atoms with E-state index in [1.807, 2.05) is 6.08 Å². The van der Waals surface area contributed by atoms with Crippen molar-refractivity contribution in [2.75, 3.05) is 0 Å². The van der Waals surface area contributed by atoms with E-state index >= 15 is 0 Å². The zero-order valence-electron chi connectivity index (χ0n) is 6.92. The SMILES string of the molecule is C=C=CCCC1CCCC1O. The molecule has 1 fully saturated rings. The van der Waals surface area contributed by atoms with Gasteiger partial charge in [-0.15, -0.1) is 5.73 Å². The minimum absolute atomic E-state index is 0.0341. The molecule has 0 aromatic heterocycles. The molecule has 1 saturated carbocycles. The summed E-state index contributed by atoms with van der Waals surface area (Å²) < 4.78 is 0. The van der Waals surface area contributed by atoms with Crippen LogP contribution in [0, 0.1) is 5.92 Å². The van der Waals surface area contributed by atoms with Crippen LogP contribution in [0.3, 0.4) is 0 Å². The molecular weight excluding hydrogens is 136 g/mol. The van der Waals surface area contributed by atoms with Crippen molar-refractivity contribution < 1.29 is 5.11 Å². The van der Waals surface area contributed by atoms with Gasteiger partial charge in [0.1, 0.15) is 0 Å². The lowest BCUT2D eigenvalue weighted by Crippen LogP contribution is -2.12. The minimum atomic E-state index is -0.0341. The van der Waals surface area contributed by atoms with E-state index in [1.165, 1.54) is 12.8 Å². The minimum Gasteiger partial charge on any atom is -0.393 e. The Morgan fingerprint density at radius 2 is 2.36 bits per heavy atom. The summed E-state index contributed by atoms with van der Waals surface area (Å²) in [7, 11) is 0. The third-order valence-corrected chi connectivity index (χ3v) is 2.45. The van der Waals surface area contributed by atoms with Gasteiger partial charge in [0.05, 0.1) is 6.10 Å². The normalized spacial score (nSPS) is 29.9. The Bertz CT molecular complexity index is 156. The van der Waals surface area contributed by atoms with Crippen molar-refractivity contribution in [3.05, 3.63) is 18.4 Å². The Hall–Kier alpha value is -0.520. The van der Waals surface area contributed by atoms with Crippen LogP contribution in [-0.2, 0) is 0 Å². The lowest BCUT2D eigenvalue weighted by molar-refractivity contribution is 0.128. The van der Waals surface area contributed by atoms with Gasteiger partial charge < -0.3 is 5.11 Å². The summed E-state index contributed by atoms with van der Waals surface area (Å²) in [6.07, 6.45) is 7.44. The average Bonchev–Trinajstić information content (AvgIpc) is 2.37. The van der Waals surface area contributed by atoms with E-state index < -0.39 is 0 Å². The Labute approximate surface area is 68.4 Å². The largest absolute Gasteiger partial charge is 0.393 e.